The van der Waals surface area contributed by atoms with Crippen LogP contribution in [-0.4, -0.2) is 20.1 Å². The number of nitrogens with zero attached hydrogens (tertiary/aromatic N) is 3. The van der Waals surface area contributed by atoms with Gasteiger partial charge < -0.3 is 9.88 Å². The highest BCUT2D eigenvalue weighted by molar-refractivity contribution is 7.99. The van der Waals surface area contributed by atoms with Crippen molar-refractivity contribution >= 4 is 11.8 Å². The minimum absolute atomic E-state index is 0.0982. The van der Waals surface area contributed by atoms with Gasteiger partial charge in [0.25, 0.3) is 0 Å². The van der Waals surface area contributed by atoms with E-state index in [-0.39, 0.29) is 5.54 Å². The van der Waals surface area contributed by atoms with E-state index in [9.17, 15) is 0 Å². The first-order chi connectivity index (χ1) is 8.96. The molecule has 2 heterocycles. The first-order valence-electron chi connectivity index (χ1n) is 6.30. The molecule has 1 N–H and O–H groups in total. The molecule has 0 spiro atoms. The lowest BCUT2D eigenvalue weighted by atomic mass is 10.1. The van der Waals surface area contributed by atoms with Gasteiger partial charge >= 0.3 is 0 Å². The third-order valence-electron chi connectivity index (χ3n) is 2.62. The van der Waals surface area contributed by atoms with Crippen LogP contribution in [0.25, 0.3) is 0 Å². The number of aromatic nitrogens is 3. The average molecular weight is 276 g/mol. The molecule has 0 fully saturated rings. The molecule has 102 valence electrons. The van der Waals surface area contributed by atoms with Crippen molar-refractivity contribution in [3.05, 3.63) is 36.3 Å². The zero-order valence-electron chi connectivity index (χ0n) is 11.8. The van der Waals surface area contributed by atoms with Gasteiger partial charge in [-0.05, 0) is 44.2 Å². The van der Waals surface area contributed by atoms with Gasteiger partial charge in [-0.1, -0.05) is 6.07 Å². The van der Waals surface area contributed by atoms with E-state index in [2.05, 4.69) is 42.1 Å². The van der Waals surface area contributed by atoms with Gasteiger partial charge in [-0.2, -0.15) is 0 Å². The number of hydrogen-bond acceptors (Lipinski definition) is 4. The molecule has 0 aromatic carbocycles. The van der Waals surface area contributed by atoms with Crippen LogP contribution < -0.4 is 5.32 Å². The smallest absolute Gasteiger partial charge is 0.174 e. The highest BCUT2D eigenvalue weighted by Crippen LogP contribution is 2.27. The summed E-state index contributed by atoms with van der Waals surface area (Å²) in [5, 5.41) is 5.45. The van der Waals surface area contributed by atoms with Crippen molar-refractivity contribution in [3.63, 3.8) is 0 Å². The minimum Gasteiger partial charge on any atom is -0.329 e. The third-order valence-corrected chi connectivity index (χ3v) is 3.76. The summed E-state index contributed by atoms with van der Waals surface area (Å²) in [7, 11) is 1.99. The highest BCUT2D eigenvalue weighted by Gasteiger charge is 2.12. The normalized spacial score (nSPS) is 11.8. The summed E-state index contributed by atoms with van der Waals surface area (Å²) in [6.45, 7) is 7.29. The zero-order valence-corrected chi connectivity index (χ0v) is 12.7. The second kappa shape index (κ2) is 5.75. The molecule has 0 aliphatic carbocycles. The molecule has 4 nitrogen and oxygen atoms in total. The minimum atomic E-state index is 0.0982. The van der Waals surface area contributed by atoms with Crippen LogP contribution in [0, 0.1) is 0 Å². The Morgan fingerprint density at radius 1 is 1.26 bits per heavy atom. The maximum Gasteiger partial charge on any atom is 0.174 e. The molecule has 0 atom stereocenters. The predicted molar refractivity (Wildman–Crippen MR) is 78.2 cm³/mol. The van der Waals surface area contributed by atoms with Gasteiger partial charge in [0.15, 0.2) is 5.16 Å². The lowest BCUT2D eigenvalue weighted by Crippen LogP contribution is -2.35. The largest absolute Gasteiger partial charge is 0.329 e. The average Bonchev–Trinajstić information content (AvgIpc) is 2.73. The molecule has 0 radical (unpaired) electrons. The summed E-state index contributed by atoms with van der Waals surface area (Å²) < 4.78 is 2.00. The van der Waals surface area contributed by atoms with Crippen LogP contribution in [0.5, 0.6) is 0 Å². The van der Waals surface area contributed by atoms with Gasteiger partial charge in [0, 0.05) is 37.7 Å². The summed E-state index contributed by atoms with van der Waals surface area (Å²) in [5.41, 5.74) is 1.30. The van der Waals surface area contributed by atoms with Crippen LogP contribution >= 0.6 is 11.8 Å². The Morgan fingerprint density at radius 3 is 2.68 bits per heavy atom. The van der Waals surface area contributed by atoms with Gasteiger partial charge in [-0.3, -0.25) is 0 Å². The standard InChI is InChI=1S/C14H20N4S/c1-14(2,3)17-10-11-6-5-7-15-12(11)19-13-16-8-9-18(13)4/h5-9,17H,10H2,1-4H3. The van der Waals surface area contributed by atoms with E-state index in [1.165, 1.54) is 5.56 Å². The van der Waals surface area contributed by atoms with E-state index in [1.807, 2.05) is 30.1 Å². The van der Waals surface area contributed by atoms with E-state index in [0.717, 1.165) is 16.7 Å². The maximum atomic E-state index is 4.46. The SMILES string of the molecule is Cn1ccnc1Sc1ncccc1CNC(C)(C)C. The zero-order chi connectivity index (χ0) is 13.9. The van der Waals surface area contributed by atoms with E-state index in [1.54, 1.807) is 18.0 Å². The number of aryl methyl sites for hydroxylation is 1. The van der Waals surface area contributed by atoms with Gasteiger partial charge in [0.05, 0.1) is 0 Å². The van der Waals surface area contributed by atoms with Crippen LogP contribution in [0.1, 0.15) is 26.3 Å². The summed E-state index contributed by atoms with van der Waals surface area (Å²) in [6, 6.07) is 4.08. The lowest BCUT2D eigenvalue weighted by molar-refractivity contribution is 0.422. The maximum absolute atomic E-state index is 4.46. The van der Waals surface area contributed by atoms with Gasteiger partial charge in [0.1, 0.15) is 5.03 Å². The van der Waals surface area contributed by atoms with E-state index in [0.29, 0.717) is 0 Å². The number of nitrogens with one attached hydrogen (secondary N) is 1. The monoisotopic (exact) mass is 276 g/mol. The quantitative estimate of drug-likeness (QED) is 0.932. The second-order valence-electron chi connectivity index (χ2n) is 5.49. The topological polar surface area (TPSA) is 42.7 Å². The van der Waals surface area contributed by atoms with Crippen molar-refractivity contribution < 1.29 is 0 Å². The molecular weight excluding hydrogens is 256 g/mol. The Morgan fingerprint density at radius 2 is 2.05 bits per heavy atom. The van der Waals surface area contributed by atoms with Crippen molar-refractivity contribution in [2.45, 2.75) is 43.0 Å². The van der Waals surface area contributed by atoms with Crippen molar-refractivity contribution in [3.8, 4) is 0 Å². The lowest BCUT2D eigenvalue weighted by Gasteiger charge is -2.21. The van der Waals surface area contributed by atoms with Crippen molar-refractivity contribution in [2.24, 2.45) is 7.05 Å². The predicted octanol–water partition coefficient (Wildman–Crippen LogP) is 2.85. The van der Waals surface area contributed by atoms with E-state index < -0.39 is 0 Å². The first-order valence-corrected chi connectivity index (χ1v) is 7.11. The van der Waals surface area contributed by atoms with Crippen molar-refractivity contribution in [1.29, 1.82) is 0 Å². The molecule has 0 unspecified atom stereocenters. The Bertz CT molecular complexity index is 542. The van der Waals surface area contributed by atoms with Gasteiger partial charge in [-0.15, -0.1) is 0 Å². The molecule has 5 heteroatoms. The second-order valence-corrected chi connectivity index (χ2v) is 6.45. The van der Waals surface area contributed by atoms with E-state index >= 15 is 0 Å². The summed E-state index contributed by atoms with van der Waals surface area (Å²) >= 11 is 1.60. The number of rotatable bonds is 4. The molecule has 2 rings (SSSR count). The van der Waals surface area contributed by atoms with Crippen LogP contribution in [0.15, 0.2) is 40.9 Å². The Labute approximate surface area is 118 Å². The molecule has 0 bridgehead atoms. The Kier molecular flexibility index (Phi) is 4.27. The molecule has 19 heavy (non-hydrogen) atoms. The Hall–Kier alpha value is -1.33. The molecule has 0 amide bonds. The van der Waals surface area contributed by atoms with Crippen molar-refractivity contribution in [2.75, 3.05) is 0 Å². The number of pyridine rings is 1. The molecule has 2 aromatic heterocycles. The Balaban J connectivity index is 2.15. The fraction of sp³-hybridized carbons (Fsp3) is 0.429. The summed E-state index contributed by atoms with van der Waals surface area (Å²) in [5.74, 6) is 0. The first kappa shape index (κ1) is 14.1. The summed E-state index contributed by atoms with van der Waals surface area (Å²) in [6.07, 6.45) is 5.57. The fourth-order valence-corrected chi connectivity index (χ4v) is 2.42. The van der Waals surface area contributed by atoms with Crippen LogP contribution in [-0.2, 0) is 13.6 Å². The van der Waals surface area contributed by atoms with E-state index in [4.69, 9.17) is 0 Å². The molecular formula is C14H20N4S. The molecule has 0 aliphatic rings. The number of imidazole rings is 1. The summed E-state index contributed by atoms with van der Waals surface area (Å²) in [4.78, 5) is 8.79. The molecule has 0 aliphatic heterocycles. The number of hydrogen-bond donors (Lipinski definition) is 1. The van der Waals surface area contributed by atoms with Crippen LogP contribution in [0.3, 0.4) is 0 Å². The molecule has 0 saturated carbocycles. The third kappa shape index (κ3) is 4.08. The van der Waals surface area contributed by atoms with Crippen molar-refractivity contribution in [1.82, 2.24) is 19.9 Å². The van der Waals surface area contributed by atoms with Crippen LogP contribution in [0.2, 0.25) is 0 Å². The highest BCUT2D eigenvalue weighted by atomic mass is 32.2. The molecule has 2 aromatic rings. The van der Waals surface area contributed by atoms with Gasteiger partial charge in [-0.25, -0.2) is 9.97 Å². The van der Waals surface area contributed by atoms with Crippen LogP contribution in [0.4, 0.5) is 0 Å². The fourth-order valence-electron chi connectivity index (χ4n) is 1.55. The van der Waals surface area contributed by atoms with Gasteiger partial charge in [0.2, 0.25) is 0 Å². The molecule has 0 saturated heterocycles.